The number of ether oxygens (including phenoxy) is 1. The first-order valence-corrected chi connectivity index (χ1v) is 13.4. The minimum Gasteiger partial charge on any atom is -0.372 e. The lowest BCUT2D eigenvalue weighted by atomic mass is 10.0. The Bertz CT molecular complexity index is 1420. The number of H-pyrrole nitrogens is 1. The van der Waals surface area contributed by atoms with E-state index < -0.39 is 0 Å². The Balaban J connectivity index is 1.20. The summed E-state index contributed by atoms with van der Waals surface area (Å²) in [6.45, 7) is 7.85. The van der Waals surface area contributed by atoms with Crippen LogP contribution < -0.4 is 15.1 Å². The SMILES string of the molecule is CC1CN(c2ccc(NC(=O)c3n[nH]c4ccc(-c5cncc(N6CCCCC6)c5)cc34)cn2)CC(C)O1. The Morgan fingerprint density at radius 1 is 0.947 bits per heavy atom. The molecule has 9 heteroatoms. The van der Waals surface area contributed by atoms with Crippen LogP contribution in [0.3, 0.4) is 0 Å². The van der Waals surface area contributed by atoms with E-state index in [9.17, 15) is 4.79 Å². The fourth-order valence-electron chi connectivity index (χ4n) is 5.48. The molecule has 6 rings (SSSR count). The third kappa shape index (κ3) is 5.06. The van der Waals surface area contributed by atoms with Crippen molar-refractivity contribution in [3.05, 3.63) is 60.7 Å². The molecule has 0 saturated carbocycles. The number of anilines is 3. The van der Waals surface area contributed by atoms with E-state index in [1.165, 1.54) is 19.3 Å². The number of nitrogens with zero attached hydrogens (tertiary/aromatic N) is 5. The molecule has 2 aliphatic heterocycles. The Hall–Kier alpha value is -3.98. The molecule has 2 fully saturated rings. The van der Waals surface area contributed by atoms with Gasteiger partial charge in [0.25, 0.3) is 5.91 Å². The van der Waals surface area contributed by atoms with Gasteiger partial charge >= 0.3 is 0 Å². The van der Waals surface area contributed by atoms with Gasteiger partial charge < -0.3 is 19.9 Å². The number of amides is 1. The minimum atomic E-state index is -0.281. The van der Waals surface area contributed by atoms with Crippen LogP contribution in [0.5, 0.6) is 0 Å². The van der Waals surface area contributed by atoms with E-state index in [-0.39, 0.29) is 18.1 Å². The Labute approximate surface area is 222 Å². The fraction of sp³-hybridized carbons (Fsp3) is 0.379. The number of hydrogen-bond donors (Lipinski definition) is 2. The van der Waals surface area contributed by atoms with Crippen LogP contribution in [-0.2, 0) is 4.74 Å². The summed E-state index contributed by atoms with van der Waals surface area (Å²) < 4.78 is 5.82. The molecule has 5 heterocycles. The van der Waals surface area contributed by atoms with Crippen molar-refractivity contribution in [1.29, 1.82) is 0 Å². The van der Waals surface area contributed by atoms with E-state index in [1.807, 2.05) is 42.7 Å². The van der Waals surface area contributed by atoms with E-state index in [1.54, 1.807) is 6.20 Å². The second kappa shape index (κ2) is 10.4. The number of hydrogen-bond acceptors (Lipinski definition) is 7. The number of aromatic nitrogens is 4. The van der Waals surface area contributed by atoms with Crippen LogP contribution in [0.1, 0.15) is 43.6 Å². The monoisotopic (exact) mass is 511 g/mol. The van der Waals surface area contributed by atoms with Crippen molar-refractivity contribution in [2.75, 3.05) is 41.3 Å². The maximum atomic E-state index is 13.2. The molecular formula is C29H33N7O2. The van der Waals surface area contributed by atoms with Crippen molar-refractivity contribution < 1.29 is 9.53 Å². The lowest BCUT2D eigenvalue weighted by molar-refractivity contribution is -0.00545. The van der Waals surface area contributed by atoms with Crippen LogP contribution in [0.2, 0.25) is 0 Å². The molecule has 38 heavy (non-hydrogen) atoms. The first kappa shape index (κ1) is 24.4. The highest BCUT2D eigenvalue weighted by atomic mass is 16.5. The summed E-state index contributed by atoms with van der Waals surface area (Å²) in [7, 11) is 0. The molecule has 0 aliphatic carbocycles. The highest BCUT2D eigenvalue weighted by Gasteiger charge is 2.23. The van der Waals surface area contributed by atoms with Crippen LogP contribution >= 0.6 is 0 Å². The van der Waals surface area contributed by atoms with Crippen LogP contribution in [-0.4, -0.2) is 64.5 Å². The number of carbonyl (C=O) groups excluding carboxylic acids is 1. The summed E-state index contributed by atoms with van der Waals surface area (Å²) in [6.07, 6.45) is 9.53. The van der Waals surface area contributed by atoms with Crippen LogP contribution in [0, 0.1) is 0 Å². The maximum Gasteiger partial charge on any atom is 0.276 e. The molecule has 0 radical (unpaired) electrons. The molecule has 1 aromatic carbocycles. The zero-order valence-corrected chi connectivity index (χ0v) is 21.9. The molecule has 2 aliphatic rings. The van der Waals surface area contributed by atoms with Crippen molar-refractivity contribution in [3.8, 4) is 11.1 Å². The second-order valence-electron chi connectivity index (χ2n) is 10.3. The maximum absolute atomic E-state index is 13.2. The van der Waals surface area contributed by atoms with Crippen LogP contribution in [0.15, 0.2) is 55.0 Å². The van der Waals surface area contributed by atoms with Crippen molar-refractivity contribution in [2.45, 2.75) is 45.3 Å². The number of aromatic amines is 1. The predicted molar refractivity (Wildman–Crippen MR) is 150 cm³/mol. The average molecular weight is 512 g/mol. The lowest BCUT2D eigenvalue weighted by Gasteiger charge is -2.36. The molecule has 4 aromatic rings. The predicted octanol–water partition coefficient (Wildman–Crippen LogP) is 4.88. The molecule has 2 saturated heterocycles. The Morgan fingerprint density at radius 3 is 2.53 bits per heavy atom. The van der Waals surface area contributed by atoms with Gasteiger partial charge in [-0.1, -0.05) is 6.07 Å². The summed E-state index contributed by atoms with van der Waals surface area (Å²) in [6, 6.07) is 12.0. The molecule has 2 N–H and O–H groups in total. The van der Waals surface area contributed by atoms with E-state index in [4.69, 9.17) is 4.74 Å². The molecule has 0 spiro atoms. The quantitative estimate of drug-likeness (QED) is 0.394. The largest absolute Gasteiger partial charge is 0.372 e. The molecule has 9 nitrogen and oxygen atoms in total. The summed E-state index contributed by atoms with van der Waals surface area (Å²) in [5.74, 6) is 0.594. The molecule has 1 amide bonds. The number of piperidine rings is 1. The van der Waals surface area contributed by atoms with E-state index in [0.717, 1.165) is 59.7 Å². The standard InChI is InChI=1S/C29H33N7O2/c1-19-17-36(18-20(2)38-19)27-9-7-23(15-31-27)32-29(37)28-25-13-21(6-8-26(25)33-34-28)22-12-24(16-30-14-22)35-10-4-3-5-11-35/h6-9,12-16,19-20H,3-5,10-11,17-18H2,1-2H3,(H,32,37)(H,33,34). The summed E-state index contributed by atoms with van der Waals surface area (Å²) >= 11 is 0. The summed E-state index contributed by atoms with van der Waals surface area (Å²) in [4.78, 5) is 26.9. The molecule has 196 valence electrons. The zero-order valence-electron chi connectivity index (χ0n) is 21.9. The topological polar surface area (TPSA) is 99.3 Å². The average Bonchev–Trinajstić information content (AvgIpc) is 3.37. The lowest BCUT2D eigenvalue weighted by Crippen LogP contribution is -2.45. The third-order valence-corrected chi connectivity index (χ3v) is 7.31. The van der Waals surface area contributed by atoms with E-state index >= 15 is 0 Å². The normalized spacial score (nSPS) is 20.1. The van der Waals surface area contributed by atoms with Crippen molar-refractivity contribution >= 4 is 34.0 Å². The summed E-state index contributed by atoms with van der Waals surface area (Å²) in [5, 5.41) is 11.0. The second-order valence-corrected chi connectivity index (χ2v) is 10.3. The van der Waals surface area contributed by atoms with Gasteiger partial charge in [-0.05, 0) is 69.0 Å². The number of pyridine rings is 2. The molecule has 0 bridgehead atoms. The van der Waals surface area contributed by atoms with Crippen LogP contribution in [0.4, 0.5) is 17.2 Å². The van der Waals surface area contributed by atoms with Crippen molar-refractivity contribution in [2.24, 2.45) is 0 Å². The third-order valence-electron chi connectivity index (χ3n) is 7.31. The molecule has 2 unspecified atom stereocenters. The Kier molecular flexibility index (Phi) is 6.68. The number of rotatable bonds is 5. The van der Waals surface area contributed by atoms with E-state index in [2.05, 4.69) is 55.2 Å². The van der Waals surface area contributed by atoms with Crippen molar-refractivity contribution in [1.82, 2.24) is 20.2 Å². The van der Waals surface area contributed by atoms with Gasteiger partial charge in [-0.25, -0.2) is 4.98 Å². The molecule has 3 aromatic heterocycles. The number of nitrogens with one attached hydrogen (secondary N) is 2. The minimum absolute atomic E-state index is 0.154. The van der Waals surface area contributed by atoms with Gasteiger partial charge in [-0.15, -0.1) is 0 Å². The van der Waals surface area contributed by atoms with Gasteiger partial charge in [-0.2, -0.15) is 5.10 Å². The van der Waals surface area contributed by atoms with Gasteiger partial charge in [0.2, 0.25) is 0 Å². The highest BCUT2D eigenvalue weighted by Crippen LogP contribution is 2.29. The summed E-state index contributed by atoms with van der Waals surface area (Å²) in [5.41, 5.74) is 4.95. The van der Waals surface area contributed by atoms with Crippen molar-refractivity contribution in [3.63, 3.8) is 0 Å². The van der Waals surface area contributed by atoms with Gasteiger partial charge in [0, 0.05) is 43.3 Å². The van der Waals surface area contributed by atoms with Crippen LogP contribution in [0.25, 0.3) is 22.0 Å². The number of benzene rings is 1. The molecular weight excluding hydrogens is 478 g/mol. The van der Waals surface area contributed by atoms with Gasteiger partial charge in [0.05, 0.1) is 41.5 Å². The number of fused-ring (bicyclic) bond motifs is 1. The van der Waals surface area contributed by atoms with Gasteiger partial charge in [-0.3, -0.25) is 14.9 Å². The zero-order chi connectivity index (χ0) is 26.1. The smallest absolute Gasteiger partial charge is 0.276 e. The fourth-order valence-corrected chi connectivity index (χ4v) is 5.48. The van der Waals surface area contributed by atoms with E-state index in [0.29, 0.717) is 11.4 Å². The number of morpholine rings is 1. The van der Waals surface area contributed by atoms with Gasteiger partial charge in [0.15, 0.2) is 5.69 Å². The highest BCUT2D eigenvalue weighted by molar-refractivity contribution is 6.11. The first-order valence-electron chi connectivity index (χ1n) is 13.4. The van der Waals surface area contributed by atoms with Gasteiger partial charge in [0.1, 0.15) is 5.82 Å². The first-order chi connectivity index (χ1) is 18.5. The molecule has 2 atom stereocenters. The number of carbonyl (C=O) groups is 1. The Morgan fingerprint density at radius 2 is 1.76 bits per heavy atom.